The van der Waals surface area contributed by atoms with E-state index >= 15 is 0 Å². The second kappa shape index (κ2) is 20.2. The number of primary amides is 1. The highest BCUT2D eigenvalue weighted by molar-refractivity contribution is 5.97. The van der Waals surface area contributed by atoms with Gasteiger partial charge in [0.05, 0.1) is 38.4 Å². The summed E-state index contributed by atoms with van der Waals surface area (Å²) in [4.78, 5) is 120. The number of hydrogen-bond acceptors (Lipinski definition) is 11. The molecule has 7 amide bonds. The van der Waals surface area contributed by atoms with Crippen LogP contribution in [0.1, 0.15) is 31.7 Å². The molecule has 0 saturated heterocycles. The SMILES string of the molecule is C[C@H](NC(=O)[C@H](Cc1ccccc1)NC(=O)[C@H](CC(=O)O)NC(=O)CNC(=O)[C@H](CC(N)=O)NC(=O)CNC(=O)[C@@H](N)CC(=O)O)C(=O)O. The standard InChI is InChI=1S/C28H38N8O13/c1-13(28(48)49)33-26(46)16(7-14-5-3-2-4-6-14)36-27(47)18(10-23(42)43)35-21(39)12-32-25(45)17(9-19(30)37)34-20(38)11-31-24(44)15(29)8-22(40)41/h2-6,13,15-18H,7-12,29H2,1H3,(H2,30,37)(H,31,44)(H,32,45)(H,33,46)(H,34,38)(H,35,39)(H,36,47)(H,40,41)(H,42,43)(H,48,49)/t13-,15-,16-,17-,18-/m0/s1. The Morgan fingerprint density at radius 3 is 1.61 bits per heavy atom. The first-order valence-electron chi connectivity index (χ1n) is 14.4. The molecule has 1 aromatic carbocycles. The molecular weight excluding hydrogens is 656 g/mol. The summed E-state index contributed by atoms with van der Waals surface area (Å²) in [5.74, 6) is -11.6. The number of nitrogens with two attached hydrogens (primary N) is 2. The van der Waals surface area contributed by atoms with Gasteiger partial charge in [-0.2, -0.15) is 0 Å². The molecule has 0 fully saturated rings. The van der Waals surface area contributed by atoms with Crippen molar-refractivity contribution in [3.63, 3.8) is 0 Å². The number of rotatable bonds is 21. The van der Waals surface area contributed by atoms with E-state index in [0.717, 1.165) is 0 Å². The van der Waals surface area contributed by atoms with Gasteiger partial charge in [0.1, 0.15) is 24.2 Å². The molecule has 0 bridgehead atoms. The van der Waals surface area contributed by atoms with Crippen molar-refractivity contribution in [3.8, 4) is 0 Å². The van der Waals surface area contributed by atoms with Crippen molar-refractivity contribution >= 4 is 59.3 Å². The lowest BCUT2D eigenvalue weighted by molar-refractivity contribution is -0.142. The maximum atomic E-state index is 13.1. The van der Waals surface area contributed by atoms with E-state index in [4.69, 9.17) is 21.7 Å². The molecule has 0 aliphatic carbocycles. The van der Waals surface area contributed by atoms with Crippen LogP contribution in [0, 0.1) is 0 Å². The van der Waals surface area contributed by atoms with Crippen LogP contribution in [0.15, 0.2) is 30.3 Å². The number of hydrogen-bond donors (Lipinski definition) is 11. The maximum Gasteiger partial charge on any atom is 0.325 e. The molecule has 0 saturated carbocycles. The topological polar surface area (TPSA) is 356 Å². The van der Waals surface area contributed by atoms with Crippen LogP contribution in [0.3, 0.4) is 0 Å². The Labute approximate surface area is 277 Å². The zero-order chi connectivity index (χ0) is 37.3. The molecular formula is C28H38N8O13. The van der Waals surface area contributed by atoms with Crippen LogP contribution in [0.2, 0.25) is 0 Å². The molecule has 5 atom stereocenters. The maximum absolute atomic E-state index is 13.1. The fraction of sp³-hybridized carbons (Fsp3) is 0.429. The largest absolute Gasteiger partial charge is 0.481 e. The highest BCUT2D eigenvalue weighted by atomic mass is 16.4. The molecule has 268 valence electrons. The van der Waals surface area contributed by atoms with Gasteiger partial charge in [0.2, 0.25) is 41.4 Å². The van der Waals surface area contributed by atoms with Gasteiger partial charge in [-0.15, -0.1) is 0 Å². The molecule has 0 heterocycles. The van der Waals surface area contributed by atoms with Gasteiger partial charge in [-0.05, 0) is 12.5 Å². The van der Waals surface area contributed by atoms with E-state index in [1.807, 2.05) is 5.32 Å². The molecule has 0 unspecified atom stereocenters. The number of aliphatic carboxylic acids is 3. The van der Waals surface area contributed by atoms with Crippen molar-refractivity contribution in [3.05, 3.63) is 35.9 Å². The molecule has 49 heavy (non-hydrogen) atoms. The van der Waals surface area contributed by atoms with Crippen LogP contribution in [0.5, 0.6) is 0 Å². The van der Waals surface area contributed by atoms with E-state index in [1.165, 1.54) is 6.92 Å². The summed E-state index contributed by atoms with van der Waals surface area (Å²) >= 11 is 0. The van der Waals surface area contributed by atoms with Crippen LogP contribution < -0.4 is 43.4 Å². The van der Waals surface area contributed by atoms with Crippen molar-refractivity contribution < 1.29 is 63.3 Å². The number of nitrogens with one attached hydrogen (secondary N) is 6. The van der Waals surface area contributed by atoms with Gasteiger partial charge in [-0.1, -0.05) is 30.3 Å². The zero-order valence-corrected chi connectivity index (χ0v) is 26.1. The summed E-state index contributed by atoms with van der Waals surface area (Å²) in [5.41, 5.74) is 11.0. The summed E-state index contributed by atoms with van der Waals surface area (Å²) in [7, 11) is 0. The van der Waals surface area contributed by atoms with Gasteiger partial charge in [0.15, 0.2) is 0 Å². The molecule has 0 aliphatic heterocycles. The minimum Gasteiger partial charge on any atom is -0.481 e. The molecule has 0 radical (unpaired) electrons. The van der Waals surface area contributed by atoms with E-state index in [0.29, 0.717) is 5.56 Å². The lowest BCUT2D eigenvalue weighted by Gasteiger charge is -2.23. The fourth-order valence-corrected chi connectivity index (χ4v) is 3.86. The van der Waals surface area contributed by atoms with Gasteiger partial charge in [0, 0.05) is 6.42 Å². The number of carbonyl (C=O) groups is 10. The highest BCUT2D eigenvalue weighted by Gasteiger charge is 2.31. The second-order valence-corrected chi connectivity index (χ2v) is 10.5. The molecule has 1 rings (SSSR count). The highest BCUT2D eigenvalue weighted by Crippen LogP contribution is 2.06. The van der Waals surface area contributed by atoms with Gasteiger partial charge in [0.25, 0.3) is 0 Å². The molecule has 13 N–H and O–H groups in total. The van der Waals surface area contributed by atoms with Crippen molar-refractivity contribution in [1.29, 1.82) is 0 Å². The van der Waals surface area contributed by atoms with Crippen molar-refractivity contribution in [2.45, 2.75) is 62.8 Å². The van der Waals surface area contributed by atoms with Crippen molar-refractivity contribution in [2.75, 3.05) is 13.1 Å². The fourth-order valence-electron chi connectivity index (χ4n) is 3.86. The second-order valence-electron chi connectivity index (χ2n) is 10.5. The summed E-state index contributed by atoms with van der Waals surface area (Å²) < 4.78 is 0. The normalized spacial score (nSPS) is 13.5. The first-order chi connectivity index (χ1) is 22.9. The van der Waals surface area contributed by atoms with Crippen LogP contribution in [-0.4, -0.2) is 118 Å². The van der Waals surface area contributed by atoms with Crippen LogP contribution in [0.25, 0.3) is 0 Å². The minimum absolute atomic E-state index is 0.139. The number of benzene rings is 1. The third kappa shape index (κ3) is 16.3. The van der Waals surface area contributed by atoms with Crippen LogP contribution >= 0.6 is 0 Å². The smallest absolute Gasteiger partial charge is 0.325 e. The first-order valence-corrected chi connectivity index (χ1v) is 14.4. The first kappa shape index (κ1) is 40.9. The Bertz CT molecular complexity index is 1420. The molecule has 0 aromatic heterocycles. The lowest BCUT2D eigenvalue weighted by Crippen LogP contribution is -2.57. The molecule has 0 spiro atoms. The number of amides is 7. The number of carbonyl (C=O) groups excluding carboxylic acids is 7. The summed E-state index contributed by atoms with van der Waals surface area (Å²) in [6.07, 6.45) is -2.60. The Hall–Kier alpha value is -6.12. The molecule has 1 aromatic rings. The van der Waals surface area contributed by atoms with Gasteiger partial charge < -0.3 is 58.7 Å². The summed E-state index contributed by atoms with van der Waals surface area (Å²) in [5, 5.41) is 40.0. The average Bonchev–Trinajstić information content (AvgIpc) is 3.00. The Morgan fingerprint density at radius 2 is 1.12 bits per heavy atom. The van der Waals surface area contributed by atoms with E-state index < -0.39 is 122 Å². The molecule has 21 nitrogen and oxygen atoms in total. The number of carboxylic acids is 3. The van der Waals surface area contributed by atoms with E-state index in [2.05, 4.69) is 26.6 Å². The van der Waals surface area contributed by atoms with E-state index in [-0.39, 0.29) is 6.42 Å². The Kier molecular flexibility index (Phi) is 16.9. The van der Waals surface area contributed by atoms with Gasteiger partial charge >= 0.3 is 17.9 Å². The monoisotopic (exact) mass is 694 g/mol. The molecule has 0 aliphatic rings. The Balaban J connectivity index is 2.93. The summed E-state index contributed by atoms with van der Waals surface area (Å²) in [6.45, 7) is -0.501. The third-order valence-electron chi connectivity index (χ3n) is 6.31. The average molecular weight is 695 g/mol. The lowest BCUT2D eigenvalue weighted by atomic mass is 10.0. The van der Waals surface area contributed by atoms with E-state index in [1.54, 1.807) is 30.3 Å². The predicted octanol–water partition coefficient (Wildman–Crippen LogP) is -5.34. The van der Waals surface area contributed by atoms with Crippen LogP contribution in [-0.2, 0) is 54.4 Å². The zero-order valence-electron chi connectivity index (χ0n) is 26.1. The number of carboxylic acid groups (broad SMARTS) is 3. The Morgan fingerprint density at radius 1 is 0.633 bits per heavy atom. The predicted molar refractivity (Wildman–Crippen MR) is 163 cm³/mol. The summed E-state index contributed by atoms with van der Waals surface area (Å²) in [6, 6.07) is 0.542. The third-order valence-corrected chi connectivity index (χ3v) is 6.31. The quantitative estimate of drug-likeness (QED) is 0.0572. The van der Waals surface area contributed by atoms with Crippen molar-refractivity contribution in [1.82, 2.24) is 31.9 Å². The van der Waals surface area contributed by atoms with Crippen molar-refractivity contribution in [2.24, 2.45) is 11.5 Å². The van der Waals surface area contributed by atoms with Crippen LogP contribution in [0.4, 0.5) is 0 Å². The van der Waals surface area contributed by atoms with Gasteiger partial charge in [-0.3, -0.25) is 47.9 Å². The van der Waals surface area contributed by atoms with E-state index in [9.17, 15) is 53.1 Å². The molecule has 21 heteroatoms. The minimum atomic E-state index is -1.79. The van der Waals surface area contributed by atoms with Gasteiger partial charge in [-0.25, -0.2) is 0 Å².